The van der Waals surface area contributed by atoms with Gasteiger partial charge in [0.15, 0.2) is 0 Å². The maximum Gasteiger partial charge on any atom is 0.244 e. The predicted octanol–water partition coefficient (Wildman–Crippen LogP) is 0.504. The molecule has 0 radical (unpaired) electrons. The van der Waals surface area contributed by atoms with Gasteiger partial charge in [0.2, 0.25) is 5.91 Å². The Hall–Kier alpha value is -1.36. The van der Waals surface area contributed by atoms with Gasteiger partial charge in [-0.05, 0) is 31.2 Å². The fourth-order valence-electron chi connectivity index (χ4n) is 2.29. The van der Waals surface area contributed by atoms with Crippen molar-refractivity contribution in [3.8, 4) is 0 Å². The number of aliphatic hydroxyl groups is 1. The Morgan fingerprint density at radius 2 is 2.18 bits per heavy atom. The summed E-state index contributed by atoms with van der Waals surface area (Å²) in [6.45, 7) is 2.21. The second-order valence-electron chi connectivity index (χ2n) is 4.54. The van der Waals surface area contributed by atoms with Crippen LogP contribution in [0.4, 0.5) is 0 Å². The number of hydrogen-bond donors (Lipinski definition) is 1. The van der Waals surface area contributed by atoms with E-state index in [1.54, 1.807) is 17.1 Å². The summed E-state index contributed by atoms with van der Waals surface area (Å²) < 4.78 is 1.65. The summed E-state index contributed by atoms with van der Waals surface area (Å²) in [5.41, 5.74) is 0. The fraction of sp³-hybridized carbons (Fsp3) is 0.667. The zero-order valence-electron chi connectivity index (χ0n) is 9.96. The average Bonchev–Trinajstić information content (AvgIpc) is 2.83. The van der Waals surface area contributed by atoms with Gasteiger partial charge in [0, 0.05) is 32.1 Å². The summed E-state index contributed by atoms with van der Waals surface area (Å²) in [4.78, 5) is 13.8. The molecule has 5 heteroatoms. The lowest BCUT2D eigenvalue weighted by Crippen LogP contribution is -2.40. The largest absolute Gasteiger partial charge is 0.396 e. The van der Waals surface area contributed by atoms with Crippen LogP contribution in [0.3, 0.4) is 0 Å². The van der Waals surface area contributed by atoms with Crippen molar-refractivity contribution in [2.75, 3.05) is 19.7 Å². The number of amides is 1. The van der Waals surface area contributed by atoms with Gasteiger partial charge in [0.1, 0.15) is 6.54 Å². The molecule has 0 saturated carbocycles. The number of nitrogens with zero attached hydrogens (tertiary/aromatic N) is 3. The molecule has 1 fully saturated rings. The van der Waals surface area contributed by atoms with E-state index in [1.165, 1.54) is 0 Å². The molecule has 0 bridgehead atoms. The van der Waals surface area contributed by atoms with E-state index in [2.05, 4.69) is 5.10 Å². The normalized spacial score (nSPS) is 17.4. The summed E-state index contributed by atoms with van der Waals surface area (Å²) in [6, 6.07) is 1.82. The van der Waals surface area contributed by atoms with Crippen molar-refractivity contribution in [2.45, 2.75) is 25.8 Å². The van der Waals surface area contributed by atoms with E-state index in [0.29, 0.717) is 12.5 Å². The van der Waals surface area contributed by atoms with Gasteiger partial charge in [-0.25, -0.2) is 0 Å². The van der Waals surface area contributed by atoms with Crippen molar-refractivity contribution in [3.05, 3.63) is 18.5 Å². The number of carbonyl (C=O) groups is 1. The van der Waals surface area contributed by atoms with Crippen molar-refractivity contribution in [1.29, 1.82) is 0 Å². The molecule has 0 unspecified atom stereocenters. The summed E-state index contributed by atoms with van der Waals surface area (Å²) >= 11 is 0. The molecule has 94 valence electrons. The Labute approximate surface area is 101 Å². The van der Waals surface area contributed by atoms with E-state index in [-0.39, 0.29) is 12.5 Å². The van der Waals surface area contributed by atoms with Crippen LogP contribution in [-0.2, 0) is 11.3 Å². The maximum absolute atomic E-state index is 11.9. The zero-order chi connectivity index (χ0) is 12.1. The van der Waals surface area contributed by atoms with Crippen LogP contribution >= 0.6 is 0 Å². The molecule has 2 rings (SSSR count). The molecule has 0 atom stereocenters. The number of piperidine rings is 1. The van der Waals surface area contributed by atoms with Crippen molar-refractivity contribution < 1.29 is 9.90 Å². The molecular weight excluding hydrogens is 218 g/mol. The molecule has 17 heavy (non-hydrogen) atoms. The van der Waals surface area contributed by atoms with Crippen LogP contribution in [0.25, 0.3) is 0 Å². The molecule has 5 nitrogen and oxygen atoms in total. The van der Waals surface area contributed by atoms with Gasteiger partial charge in [-0.2, -0.15) is 5.10 Å². The first-order valence-corrected chi connectivity index (χ1v) is 6.15. The average molecular weight is 237 g/mol. The molecular formula is C12H19N3O2. The van der Waals surface area contributed by atoms with Crippen molar-refractivity contribution in [3.63, 3.8) is 0 Å². The number of aliphatic hydroxyl groups excluding tert-OH is 1. The van der Waals surface area contributed by atoms with Crippen molar-refractivity contribution in [2.24, 2.45) is 5.92 Å². The molecule has 1 aliphatic rings. The van der Waals surface area contributed by atoms with Gasteiger partial charge in [-0.3, -0.25) is 9.48 Å². The Bertz CT molecular complexity index is 343. The van der Waals surface area contributed by atoms with Crippen molar-refractivity contribution >= 4 is 5.91 Å². The van der Waals surface area contributed by atoms with E-state index in [0.717, 1.165) is 32.4 Å². The first-order valence-electron chi connectivity index (χ1n) is 6.15. The lowest BCUT2D eigenvalue weighted by Gasteiger charge is -2.31. The molecule has 1 aromatic heterocycles. The second kappa shape index (κ2) is 5.82. The summed E-state index contributed by atoms with van der Waals surface area (Å²) in [7, 11) is 0. The quantitative estimate of drug-likeness (QED) is 0.829. The van der Waals surface area contributed by atoms with E-state index in [4.69, 9.17) is 5.11 Å². The van der Waals surface area contributed by atoms with Crippen LogP contribution < -0.4 is 0 Å². The molecule has 0 aliphatic carbocycles. The maximum atomic E-state index is 11.9. The number of likely N-dealkylation sites (tertiary alicyclic amines) is 1. The van der Waals surface area contributed by atoms with Gasteiger partial charge >= 0.3 is 0 Å². The minimum atomic E-state index is 0.135. The Kier molecular flexibility index (Phi) is 4.14. The van der Waals surface area contributed by atoms with Gasteiger partial charge in [0.25, 0.3) is 0 Å². The molecule has 0 aromatic carbocycles. The Balaban J connectivity index is 1.78. The summed E-state index contributed by atoms with van der Waals surface area (Å²) in [5.74, 6) is 0.713. The molecule has 1 saturated heterocycles. The van der Waals surface area contributed by atoms with E-state index >= 15 is 0 Å². The van der Waals surface area contributed by atoms with Crippen LogP contribution in [0.2, 0.25) is 0 Å². The lowest BCUT2D eigenvalue weighted by atomic mass is 9.94. The summed E-state index contributed by atoms with van der Waals surface area (Å²) in [6.07, 6.45) is 6.36. The molecule has 0 spiro atoms. The summed E-state index contributed by atoms with van der Waals surface area (Å²) in [5, 5.41) is 12.9. The number of carbonyl (C=O) groups excluding carboxylic acids is 1. The van der Waals surface area contributed by atoms with Gasteiger partial charge in [0.05, 0.1) is 0 Å². The third-order valence-corrected chi connectivity index (χ3v) is 3.36. The molecule has 1 aliphatic heterocycles. The van der Waals surface area contributed by atoms with Crippen LogP contribution in [0.1, 0.15) is 19.3 Å². The topological polar surface area (TPSA) is 58.4 Å². The fourth-order valence-corrected chi connectivity index (χ4v) is 2.29. The highest BCUT2D eigenvalue weighted by Crippen LogP contribution is 2.20. The first-order chi connectivity index (χ1) is 8.29. The Morgan fingerprint density at radius 1 is 1.41 bits per heavy atom. The molecule has 2 heterocycles. The number of aromatic nitrogens is 2. The van der Waals surface area contributed by atoms with E-state index in [1.807, 2.05) is 11.0 Å². The third kappa shape index (κ3) is 3.30. The highest BCUT2D eigenvalue weighted by atomic mass is 16.3. The monoisotopic (exact) mass is 237 g/mol. The van der Waals surface area contributed by atoms with E-state index in [9.17, 15) is 4.79 Å². The third-order valence-electron chi connectivity index (χ3n) is 3.36. The van der Waals surface area contributed by atoms with Crippen LogP contribution in [0.5, 0.6) is 0 Å². The van der Waals surface area contributed by atoms with Crippen molar-refractivity contribution in [1.82, 2.24) is 14.7 Å². The van der Waals surface area contributed by atoms with Crippen LogP contribution in [-0.4, -0.2) is 45.4 Å². The number of rotatable bonds is 4. The minimum Gasteiger partial charge on any atom is -0.396 e. The lowest BCUT2D eigenvalue weighted by molar-refractivity contribution is -0.133. The highest BCUT2D eigenvalue weighted by molar-refractivity contribution is 5.75. The van der Waals surface area contributed by atoms with E-state index < -0.39 is 0 Å². The van der Waals surface area contributed by atoms with Crippen LogP contribution in [0, 0.1) is 5.92 Å². The molecule has 1 amide bonds. The standard InChI is InChI=1S/C12H19N3O2/c16-9-4-11-2-7-14(8-3-11)12(17)10-15-6-1-5-13-15/h1,5-6,11,16H,2-4,7-10H2. The first kappa shape index (κ1) is 12.1. The minimum absolute atomic E-state index is 0.135. The zero-order valence-corrected chi connectivity index (χ0v) is 9.96. The predicted molar refractivity (Wildman–Crippen MR) is 63.2 cm³/mol. The smallest absolute Gasteiger partial charge is 0.244 e. The SMILES string of the molecule is O=C(Cn1cccn1)N1CCC(CCO)CC1. The second-order valence-corrected chi connectivity index (χ2v) is 4.54. The van der Waals surface area contributed by atoms with Gasteiger partial charge in [-0.15, -0.1) is 0 Å². The van der Waals surface area contributed by atoms with Gasteiger partial charge < -0.3 is 10.0 Å². The highest BCUT2D eigenvalue weighted by Gasteiger charge is 2.22. The number of hydrogen-bond acceptors (Lipinski definition) is 3. The van der Waals surface area contributed by atoms with Crippen LogP contribution in [0.15, 0.2) is 18.5 Å². The molecule has 1 aromatic rings. The van der Waals surface area contributed by atoms with Gasteiger partial charge in [-0.1, -0.05) is 0 Å². The molecule has 1 N–H and O–H groups in total. The Morgan fingerprint density at radius 3 is 2.76 bits per heavy atom.